The average molecular weight is 261 g/mol. The zero-order valence-corrected chi connectivity index (χ0v) is 11.7. The molecule has 1 unspecified atom stereocenters. The molecule has 0 spiro atoms. The third-order valence-electron chi connectivity index (χ3n) is 3.14. The minimum atomic E-state index is 0.318. The van der Waals surface area contributed by atoms with Crippen LogP contribution in [0.1, 0.15) is 21.9 Å². The van der Waals surface area contributed by atoms with E-state index in [-0.39, 0.29) is 0 Å². The van der Waals surface area contributed by atoms with E-state index in [1.807, 2.05) is 6.07 Å². The summed E-state index contributed by atoms with van der Waals surface area (Å²) in [6.45, 7) is 2.74. The molecule has 0 aliphatic carbocycles. The van der Waals surface area contributed by atoms with E-state index in [0.29, 0.717) is 12.5 Å². The lowest BCUT2D eigenvalue weighted by Crippen LogP contribution is -2.15. The van der Waals surface area contributed by atoms with Gasteiger partial charge >= 0.3 is 0 Å². The average Bonchev–Trinajstić information content (AvgIpc) is 2.88. The van der Waals surface area contributed by atoms with Gasteiger partial charge in [0, 0.05) is 10.8 Å². The quantitative estimate of drug-likeness (QED) is 0.896. The zero-order valence-electron chi connectivity index (χ0n) is 10.8. The predicted octanol–water partition coefficient (Wildman–Crippen LogP) is 3.35. The Kier molecular flexibility index (Phi) is 4.39. The van der Waals surface area contributed by atoms with Crippen LogP contribution in [0.25, 0.3) is 0 Å². The van der Waals surface area contributed by atoms with E-state index in [4.69, 9.17) is 10.5 Å². The molecule has 1 aromatic carbocycles. The van der Waals surface area contributed by atoms with E-state index in [1.54, 1.807) is 18.4 Å². The lowest BCUT2D eigenvalue weighted by molar-refractivity contribution is 0.405. The lowest BCUT2D eigenvalue weighted by Gasteiger charge is -2.18. The molecule has 2 nitrogen and oxygen atoms in total. The number of nitrogens with two attached hydrogens (primary N) is 1. The fraction of sp³-hybridized carbons (Fsp3) is 0.333. The van der Waals surface area contributed by atoms with E-state index in [2.05, 4.69) is 36.6 Å². The standard InChI is InChI=1S/C15H19NOS/c1-11-5-6-15(17-2)14(8-11)12(10-16)9-13-4-3-7-18-13/h3-8,12H,9-10,16H2,1-2H3. The predicted molar refractivity (Wildman–Crippen MR) is 77.5 cm³/mol. The molecule has 0 saturated carbocycles. The summed E-state index contributed by atoms with van der Waals surface area (Å²) < 4.78 is 5.45. The molecule has 2 rings (SSSR count). The van der Waals surface area contributed by atoms with Crippen molar-refractivity contribution < 1.29 is 4.74 Å². The number of thiophene rings is 1. The summed E-state index contributed by atoms with van der Waals surface area (Å²) in [7, 11) is 1.72. The van der Waals surface area contributed by atoms with Gasteiger partial charge in [-0.1, -0.05) is 23.8 Å². The molecular formula is C15H19NOS. The molecule has 1 atom stereocenters. The molecule has 0 aliphatic heterocycles. The van der Waals surface area contributed by atoms with Crippen molar-refractivity contribution in [1.82, 2.24) is 0 Å². The van der Waals surface area contributed by atoms with Crippen LogP contribution in [0, 0.1) is 6.92 Å². The van der Waals surface area contributed by atoms with Crippen LogP contribution in [0.4, 0.5) is 0 Å². The van der Waals surface area contributed by atoms with Crippen LogP contribution in [0.2, 0.25) is 0 Å². The van der Waals surface area contributed by atoms with Gasteiger partial charge in [-0.15, -0.1) is 11.3 Å². The highest BCUT2D eigenvalue weighted by Gasteiger charge is 2.16. The molecule has 3 heteroatoms. The van der Waals surface area contributed by atoms with Gasteiger partial charge < -0.3 is 10.5 Å². The van der Waals surface area contributed by atoms with Crippen molar-refractivity contribution in [3.8, 4) is 5.75 Å². The van der Waals surface area contributed by atoms with Gasteiger partial charge in [0.1, 0.15) is 5.75 Å². The zero-order chi connectivity index (χ0) is 13.0. The molecule has 2 aromatic rings. The van der Waals surface area contributed by atoms with Crippen LogP contribution < -0.4 is 10.5 Å². The third-order valence-corrected chi connectivity index (χ3v) is 4.04. The van der Waals surface area contributed by atoms with Crippen molar-refractivity contribution in [2.75, 3.05) is 13.7 Å². The van der Waals surface area contributed by atoms with Crippen molar-refractivity contribution in [3.05, 3.63) is 51.7 Å². The second-order valence-electron chi connectivity index (χ2n) is 4.46. The Labute approximate surface area is 112 Å². The highest BCUT2D eigenvalue weighted by molar-refractivity contribution is 7.09. The van der Waals surface area contributed by atoms with Crippen molar-refractivity contribution in [2.45, 2.75) is 19.3 Å². The highest BCUT2D eigenvalue weighted by atomic mass is 32.1. The maximum Gasteiger partial charge on any atom is 0.122 e. The monoisotopic (exact) mass is 261 g/mol. The molecule has 0 fully saturated rings. The second-order valence-corrected chi connectivity index (χ2v) is 5.49. The number of methoxy groups -OCH3 is 1. The summed E-state index contributed by atoms with van der Waals surface area (Å²) in [6, 6.07) is 10.5. The van der Waals surface area contributed by atoms with Crippen LogP contribution >= 0.6 is 11.3 Å². The van der Waals surface area contributed by atoms with E-state index in [1.165, 1.54) is 16.0 Å². The molecule has 1 aromatic heterocycles. The largest absolute Gasteiger partial charge is 0.496 e. The maximum absolute atomic E-state index is 5.94. The minimum Gasteiger partial charge on any atom is -0.496 e. The number of hydrogen-bond acceptors (Lipinski definition) is 3. The molecule has 18 heavy (non-hydrogen) atoms. The van der Waals surface area contributed by atoms with Gasteiger partial charge in [-0.2, -0.15) is 0 Å². The summed E-state index contributed by atoms with van der Waals surface area (Å²) in [5, 5.41) is 2.11. The summed E-state index contributed by atoms with van der Waals surface area (Å²) >= 11 is 1.78. The van der Waals surface area contributed by atoms with Crippen LogP contribution in [0.3, 0.4) is 0 Å². The number of benzene rings is 1. The number of hydrogen-bond donors (Lipinski definition) is 1. The summed E-state index contributed by atoms with van der Waals surface area (Å²) in [5.74, 6) is 1.26. The minimum absolute atomic E-state index is 0.318. The Balaban J connectivity index is 2.28. The Bertz CT molecular complexity index is 493. The smallest absolute Gasteiger partial charge is 0.122 e. The van der Waals surface area contributed by atoms with Crippen LogP contribution in [0.15, 0.2) is 35.7 Å². The molecule has 96 valence electrons. The molecule has 1 heterocycles. The van der Waals surface area contributed by atoms with Gasteiger partial charge in [0.2, 0.25) is 0 Å². The molecule has 0 aliphatic rings. The van der Waals surface area contributed by atoms with E-state index in [0.717, 1.165) is 12.2 Å². The van der Waals surface area contributed by atoms with Gasteiger partial charge in [0.15, 0.2) is 0 Å². The molecular weight excluding hydrogens is 242 g/mol. The molecule has 0 radical (unpaired) electrons. The normalized spacial score (nSPS) is 12.4. The van der Waals surface area contributed by atoms with Gasteiger partial charge in [-0.05, 0) is 43.0 Å². The molecule has 0 amide bonds. The Hall–Kier alpha value is -1.32. The van der Waals surface area contributed by atoms with E-state index >= 15 is 0 Å². The molecule has 0 bridgehead atoms. The first kappa shape index (κ1) is 13.1. The Morgan fingerprint density at radius 3 is 2.78 bits per heavy atom. The van der Waals surface area contributed by atoms with Crippen LogP contribution in [0.5, 0.6) is 5.75 Å². The fourth-order valence-electron chi connectivity index (χ4n) is 2.16. The van der Waals surface area contributed by atoms with Crippen molar-refractivity contribution >= 4 is 11.3 Å². The second kappa shape index (κ2) is 6.03. The number of aryl methyl sites for hydroxylation is 1. The highest BCUT2D eigenvalue weighted by Crippen LogP contribution is 2.30. The lowest BCUT2D eigenvalue weighted by atomic mass is 9.93. The van der Waals surface area contributed by atoms with Crippen molar-refractivity contribution in [3.63, 3.8) is 0 Å². The van der Waals surface area contributed by atoms with E-state index < -0.39 is 0 Å². The number of ether oxygens (including phenoxy) is 1. The van der Waals surface area contributed by atoms with Gasteiger partial charge in [-0.3, -0.25) is 0 Å². The maximum atomic E-state index is 5.94. The Morgan fingerprint density at radius 1 is 1.33 bits per heavy atom. The van der Waals surface area contributed by atoms with Crippen LogP contribution in [-0.4, -0.2) is 13.7 Å². The van der Waals surface area contributed by atoms with Gasteiger partial charge in [0.05, 0.1) is 7.11 Å². The van der Waals surface area contributed by atoms with Gasteiger partial charge in [0.25, 0.3) is 0 Å². The Morgan fingerprint density at radius 2 is 2.17 bits per heavy atom. The van der Waals surface area contributed by atoms with Gasteiger partial charge in [-0.25, -0.2) is 0 Å². The third kappa shape index (κ3) is 2.92. The SMILES string of the molecule is COc1ccc(C)cc1C(CN)Cc1cccs1. The number of rotatable bonds is 5. The van der Waals surface area contributed by atoms with Crippen molar-refractivity contribution in [1.29, 1.82) is 0 Å². The van der Waals surface area contributed by atoms with Crippen molar-refractivity contribution in [2.24, 2.45) is 5.73 Å². The fourth-order valence-corrected chi connectivity index (χ4v) is 2.95. The first-order valence-electron chi connectivity index (χ1n) is 6.11. The summed E-state index contributed by atoms with van der Waals surface area (Å²) in [6.07, 6.45) is 0.980. The first-order chi connectivity index (χ1) is 8.74. The summed E-state index contributed by atoms with van der Waals surface area (Å²) in [5.41, 5.74) is 8.41. The van der Waals surface area contributed by atoms with Crippen LogP contribution in [-0.2, 0) is 6.42 Å². The summed E-state index contributed by atoms with van der Waals surface area (Å²) in [4.78, 5) is 1.37. The topological polar surface area (TPSA) is 35.2 Å². The van der Waals surface area contributed by atoms with E-state index in [9.17, 15) is 0 Å². The molecule has 0 saturated heterocycles. The molecule has 2 N–H and O–H groups in total. The first-order valence-corrected chi connectivity index (χ1v) is 6.99.